The van der Waals surface area contributed by atoms with E-state index in [0.29, 0.717) is 16.9 Å². The van der Waals surface area contributed by atoms with Crippen LogP contribution in [0, 0.1) is 13.8 Å². The molecular weight excluding hydrogens is 374 g/mol. The largest absolute Gasteiger partial charge is 0.497 e. The van der Waals surface area contributed by atoms with Crippen molar-refractivity contribution in [3.05, 3.63) is 41.0 Å². The van der Waals surface area contributed by atoms with E-state index < -0.39 is 16.0 Å². The zero-order valence-electron chi connectivity index (χ0n) is 15.6. The normalized spacial score (nSPS) is 11.0. The minimum Gasteiger partial charge on any atom is -0.497 e. The van der Waals surface area contributed by atoms with Crippen LogP contribution in [0.4, 0.5) is 5.69 Å². The van der Waals surface area contributed by atoms with Gasteiger partial charge in [-0.15, -0.1) is 0 Å². The van der Waals surface area contributed by atoms with Gasteiger partial charge < -0.3 is 19.3 Å². The Hall–Kier alpha value is -2.94. The molecule has 2 N–H and O–H groups in total. The van der Waals surface area contributed by atoms with E-state index in [2.05, 4.69) is 4.72 Å². The van der Waals surface area contributed by atoms with Gasteiger partial charge in [0.25, 0.3) is 10.0 Å². The van der Waals surface area contributed by atoms with Gasteiger partial charge in [-0.1, -0.05) is 0 Å². The number of nitrogens with one attached hydrogen (secondary N) is 1. The molecule has 0 atom stereocenters. The summed E-state index contributed by atoms with van der Waals surface area (Å²) in [5, 5.41) is 9.48. The van der Waals surface area contributed by atoms with Crippen molar-refractivity contribution in [2.24, 2.45) is 0 Å². The molecule has 0 unspecified atom stereocenters. The van der Waals surface area contributed by atoms with Gasteiger partial charge in [-0.25, -0.2) is 13.2 Å². The summed E-state index contributed by atoms with van der Waals surface area (Å²) in [5.74, 6) is -0.519. The monoisotopic (exact) mass is 395 g/mol. The second-order valence-electron chi connectivity index (χ2n) is 5.75. The van der Waals surface area contributed by atoms with Crippen LogP contribution in [0.2, 0.25) is 0 Å². The third kappa shape index (κ3) is 4.08. The highest BCUT2D eigenvalue weighted by atomic mass is 32.2. The summed E-state index contributed by atoms with van der Waals surface area (Å²) < 4.78 is 43.6. The molecule has 0 bridgehead atoms. The first-order valence-corrected chi connectivity index (χ1v) is 9.30. The van der Waals surface area contributed by atoms with E-state index in [1.54, 1.807) is 19.9 Å². The molecular formula is C18H21NO7S. The van der Waals surface area contributed by atoms with E-state index in [-0.39, 0.29) is 27.6 Å². The SMILES string of the molecule is COc1cc(OC)c(NS(=O)(=O)c2cc(C)c(OC)cc2C)c(C(=O)O)c1. The number of carboxylic acids is 1. The Bertz CT molecular complexity index is 984. The Morgan fingerprint density at radius 3 is 2.07 bits per heavy atom. The van der Waals surface area contributed by atoms with Gasteiger partial charge >= 0.3 is 5.97 Å². The van der Waals surface area contributed by atoms with Crippen molar-refractivity contribution in [3.8, 4) is 17.2 Å². The van der Waals surface area contributed by atoms with Crippen LogP contribution >= 0.6 is 0 Å². The first kappa shape index (κ1) is 20.4. The summed E-state index contributed by atoms with van der Waals surface area (Å²) in [6.45, 7) is 3.34. The van der Waals surface area contributed by atoms with Crippen molar-refractivity contribution in [1.82, 2.24) is 0 Å². The number of aromatic carboxylic acids is 1. The number of methoxy groups -OCH3 is 3. The number of ether oxygens (including phenoxy) is 3. The number of aryl methyl sites for hydroxylation is 2. The molecule has 9 heteroatoms. The van der Waals surface area contributed by atoms with E-state index in [1.165, 1.54) is 39.5 Å². The van der Waals surface area contributed by atoms with Crippen molar-refractivity contribution in [2.75, 3.05) is 26.1 Å². The maximum atomic E-state index is 12.9. The molecule has 0 aliphatic carbocycles. The number of benzene rings is 2. The van der Waals surface area contributed by atoms with E-state index in [9.17, 15) is 18.3 Å². The first-order chi connectivity index (χ1) is 12.6. The van der Waals surface area contributed by atoms with Gasteiger partial charge in [0.15, 0.2) is 0 Å². The number of hydrogen-bond acceptors (Lipinski definition) is 6. The Labute approximate surface area is 157 Å². The Balaban J connectivity index is 2.62. The van der Waals surface area contributed by atoms with Crippen molar-refractivity contribution in [3.63, 3.8) is 0 Å². The van der Waals surface area contributed by atoms with E-state index in [0.717, 1.165) is 0 Å². The molecule has 0 heterocycles. The van der Waals surface area contributed by atoms with Crippen molar-refractivity contribution in [1.29, 1.82) is 0 Å². The molecule has 146 valence electrons. The Morgan fingerprint density at radius 2 is 1.56 bits per heavy atom. The van der Waals surface area contributed by atoms with Gasteiger partial charge in [-0.2, -0.15) is 0 Å². The first-order valence-electron chi connectivity index (χ1n) is 7.82. The molecule has 0 amide bonds. The van der Waals surface area contributed by atoms with Crippen LogP contribution in [-0.2, 0) is 10.0 Å². The predicted octanol–water partition coefficient (Wildman–Crippen LogP) is 2.83. The number of hydrogen-bond donors (Lipinski definition) is 2. The molecule has 0 radical (unpaired) electrons. The van der Waals surface area contributed by atoms with E-state index in [4.69, 9.17) is 14.2 Å². The van der Waals surface area contributed by atoms with Gasteiger partial charge in [0.05, 0.1) is 31.8 Å². The average Bonchev–Trinajstić information content (AvgIpc) is 2.62. The Kier molecular flexibility index (Phi) is 5.85. The van der Waals surface area contributed by atoms with Crippen LogP contribution in [0.3, 0.4) is 0 Å². The summed E-state index contributed by atoms with van der Waals surface area (Å²) in [7, 11) is 0.0815. The van der Waals surface area contributed by atoms with Crippen LogP contribution in [0.1, 0.15) is 21.5 Å². The van der Waals surface area contributed by atoms with Crippen LogP contribution in [0.25, 0.3) is 0 Å². The van der Waals surface area contributed by atoms with Gasteiger partial charge in [0.1, 0.15) is 22.9 Å². The quantitative estimate of drug-likeness (QED) is 0.741. The molecule has 0 fully saturated rings. The van der Waals surface area contributed by atoms with Gasteiger partial charge in [0, 0.05) is 6.07 Å². The number of carboxylic acid groups (broad SMARTS) is 1. The lowest BCUT2D eigenvalue weighted by Crippen LogP contribution is -2.18. The fourth-order valence-electron chi connectivity index (χ4n) is 2.60. The molecule has 27 heavy (non-hydrogen) atoms. The summed E-state index contributed by atoms with van der Waals surface area (Å²) in [5.41, 5.74) is 0.606. The molecule has 0 spiro atoms. The second-order valence-corrected chi connectivity index (χ2v) is 7.40. The molecule has 0 saturated heterocycles. The zero-order valence-corrected chi connectivity index (χ0v) is 16.4. The van der Waals surface area contributed by atoms with E-state index >= 15 is 0 Å². The predicted molar refractivity (Wildman–Crippen MR) is 99.8 cm³/mol. The molecule has 2 aromatic rings. The van der Waals surface area contributed by atoms with Crippen molar-refractivity contribution in [2.45, 2.75) is 18.7 Å². The third-order valence-corrected chi connectivity index (χ3v) is 5.47. The summed E-state index contributed by atoms with van der Waals surface area (Å²) in [4.78, 5) is 11.6. The third-order valence-electron chi connectivity index (χ3n) is 3.98. The lowest BCUT2D eigenvalue weighted by atomic mass is 10.1. The minimum atomic E-state index is -4.09. The van der Waals surface area contributed by atoms with Crippen molar-refractivity contribution >= 4 is 21.7 Å². The lowest BCUT2D eigenvalue weighted by molar-refractivity contribution is 0.0697. The molecule has 0 aliphatic rings. The zero-order chi connectivity index (χ0) is 20.4. The topological polar surface area (TPSA) is 111 Å². The van der Waals surface area contributed by atoms with Crippen molar-refractivity contribution < 1.29 is 32.5 Å². The van der Waals surface area contributed by atoms with Crippen LogP contribution in [0.15, 0.2) is 29.2 Å². The van der Waals surface area contributed by atoms with Crippen LogP contribution in [-0.4, -0.2) is 40.8 Å². The lowest BCUT2D eigenvalue weighted by Gasteiger charge is -2.17. The number of carbonyl (C=O) groups is 1. The van der Waals surface area contributed by atoms with Gasteiger partial charge in [-0.05, 0) is 43.2 Å². The molecule has 8 nitrogen and oxygen atoms in total. The van der Waals surface area contributed by atoms with Crippen LogP contribution < -0.4 is 18.9 Å². The fraction of sp³-hybridized carbons (Fsp3) is 0.278. The summed E-state index contributed by atoms with van der Waals surface area (Å²) >= 11 is 0. The smallest absolute Gasteiger partial charge is 0.338 e. The highest BCUT2D eigenvalue weighted by Crippen LogP contribution is 2.36. The average molecular weight is 395 g/mol. The van der Waals surface area contributed by atoms with E-state index in [1.807, 2.05) is 0 Å². The molecule has 0 saturated carbocycles. The summed E-state index contributed by atoms with van der Waals surface area (Å²) in [6.07, 6.45) is 0. The molecule has 0 aliphatic heterocycles. The second kappa shape index (κ2) is 7.75. The number of rotatable bonds is 7. The minimum absolute atomic E-state index is 0.00927. The van der Waals surface area contributed by atoms with Gasteiger partial charge in [0.2, 0.25) is 0 Å². The standard InChI is InChI=1S/C18H21NO7S/c1-10-7-16(11(2)6-14(10)25-4)27(22,23)19-17-13(18(20)21)8-12(24-3)9-15(17)26-5/h6-9,19H,1-5H3,(H,20,21). The highest BCUT2D eigenvalue weighted by Gasteiger charge is 2.25. The maximum Gasteiger partial charge on any atom is 0.338 e. The van der Waals surface area contributed by atoms with Crippen LogP contribution in [0.5, 0.6) is 17.2 Å². The maximum absolute atomic E-state index is 12.9. The number of sulfonamides is 1. The van der Waals surface area contributed by atoms with Gasteiger partial charge in [-0.3, -0.25) is 4.72 Å². The Morgan fingerprint density at radius 1 is 0.926 bits per heavy atom. The summed E-state index contributed by atoms with van der Waals surface area (Å²) in [6, 6.07) is 5.69. The number of anilines is 1. The molecule has 0 aromatic heterocycles. The molecule has 2 aromatic carbocycles. The fourth-order valence-corrected chi connectivity index (χ4v) is 4.01. The molecule has 2 rings (SSSR count). The highest BCUT2D eigenvalue weighted by molar-refractivity contribution is 7.92.